The first-order valence-corrected chi connectivity index (χ1v) is 10.5. The summed E-state index contributed by atoms with van der Waals surface area (Å²) in [6.07, 6.45) is 0.354. The zero-order valence-corrected chi connectivity index (χ0v) is 18.2. The second kappa shape index (κ2) is 10.2. The van der Waals surface area contributed by atoms with Gasteiger partial charge in [-0.25, -0.2) is 4.98 Å². The van der Waals surface area contributed by atoms with Crippen LogP contribution in [0.15, 0.2) is 29.1 Å². The van der Waals surface area contributed by atoms with Crippen LogP contribution >= 0.6 is 0 Å². The zero-order valence-electron chi connectivity index (χ0n) is 18.2. The summed E-state index contributed by atoms with van der Waals surface area (Å²) in [4.78, 5) is 46.8. The van der Waals surface area contributed by atoms with Gasteiger partial charge in [0.2, 0.25) is 11.9 Å². The maximum Gasteiger partial charge on any atom is 0.255 e. The minimum atomic E-state index is -0.277. The molecule has 3 N–H and O–H groups in total. The molecule has 1 fully saturated rings. The predicted octanol–water partition coefficient (Wildman–Crippen LogP) is 1.62. The fourth-order valence-corrected chi connectivity index (χ4v) is 3.40. The topological polar surface area (TPSA) is 116 Å². The van der Waals surface area contributed by atoms with Crippen LogP contribution in [-0.4, -0.2) is 54.1 Å². The molecule has 3 rings (SSSR count). The zero-order chi connectivity index (χ0) is 22.4. The summed E-state index contributed by atoms with van der Waals surface area (Å²) < 4.78 is 5.33. The number of nitrogens with zero attached hydrogens (tertiary/aromatic N) is 2. The number of para-hydroxylation sites is 1. The fourth-order valence-electron chi connectivity index (χ4n) is 3.40. The molecular formula is C22H29N5O4. The molecule has 1 aliphatic rings. The summed E-state index contributed by atoms with van der Waals surface area (Å²) >= 11 is 0. The Morgan fingerprint density at radius 2 is 1.94 bits per heavy atom. The lowest BCUT2D eigenvalue weighted by Crippen LogP contribution is -2.38. The van der Waals surface area contributed by atoms with Crippen molar-refractivity contribution >= 4 is 23.5 Å². The lowest BCUT2D eigenvalue weighted by atomic mass is 10.1. The summed E-state index contributed by atoms with van der Waals surface area (Å²) in [6, 6.07) is 6.83. The third-order valence-electron chi connectivity index (χ3n) is 4.99. The molecule has 0 spiro atoms. The highest BCUT2D eigenvalue weighted by atomic mass is 16.5. The highest BCUT2D eigenvalue weighted by Gasteiger charge is 2.18. The van der Waals surface area contributed by atoms with Crippen LogP contribution in [0, 0.1) is 6.92 Å². The van der Waals surface area contributed by atoms with Crippen LogP contribution in [0.2, 0.25) is 0 Å². The molecule has 0 bridgehead atoms. The number of aryl methyl sites for hydroxylation is 1. The van der Waals surface area contributed by atoms with Gasteiger partial charge in [-0.15, -0.1) is 0 Å². The van der Waals surface area contributed by atoms with Gasteiger partial charge in [-0.05, 0) is 39.3 Å². The van der Waals surface area contributed by atoms with E-state index < -0.39 is 0 Å². The Balaban J connectivity index is 1.65. The number of amides is 2. The second-order valence-electron chi connectivity index (χ2n) is 7.77. The first kappa shape index (κ1) is 22.5. The molecule has 1 aromatic carbocycles. The van der Waals surface area contributed by atoms with Gasteiger partial charge in [-0.1, -0.05) is 12.1 Å². The molecule has 2 heterocycles. The SMILES string of the molecule is Cc1nc(N2CCOCC2)[nH]c(=O)c1CCC(=O)Nc1ccccc1C(=O)NC(C)C. The van der Waals surface area contributed by atoms with Crippen molar-refractivity contribution in [3.8, 4) is 0 Å². The van der Waals surface area contributed by atoms with Crippen LogP contribution in [0.25, 0.3) is 0 Å². The average molecular weight is 428 g/mol. The summed E-state index contributed by atoms with van der Waals surface area (Å²) in [5, 5.41) is 5.60. The van der Waals surface area contributed by atoms with Gasteiger partial charge in [0.15, 0.2) is 0 Å². The number of anilines is 2. The molecule has 166 valence electrons. The number of benzene rings is 1. The lowest BCUT2D eigenvalue weighted by molar-refractivity contribution is -0.116. The number of carbonyl (C=O) groups excluding carboxylic acids is 2. The summed E-state index contributed by atoms with van der Waals surface area (Å²) in [5.74, 6) is 0.00559. The van der Waals surface area contributed by atoms with E-state index in [4.69, 9.17) is 4.74 Å². The quantitative estimate of drug-likeness (QED) is 0.618. The Bertz CT molecular complexity index is 996. The number of morpholine rings is 1. The molecule has 1 aromatic heterocycles. The van der Waals surface area contributed by atoms with Crippen molar-refractivity contribution < 1.29 is 14.3 Å². The van der Waals surface area contributed by atoms with Gasteiger partial charge in [0.1, 0.15) is 0 Å². The van der Waals surface area contributed by atoms with Crippen molar-refractivity contribution in [1.82, 2.24) is 15.3 Å². The molecule has 1 aliphatic heterocycles. The first-order chi connectivity index (χ1) is 14.8. The third-order valence-corrected chi connectivity index (χ3v) is 4.99. The molecule has 1 saturated heterocycles. The number of aromatic amines is 1. The second-order valence-corrected chi connectivity index (χ2v) is 7.77. The van der Waals surface area contributed by atoms with Gasteiger partial charge >= 0.3 is 0 Å². The standard InChI is InChI=1S/C22H29N5O4/c1-14(2)23-21(30)17-6-4-5-7-18(17)25-19(28)9-8-16-15(3)24-22(26-20(16)29)27-10-12-31-13-11-27/h4-7,14H,8-13H2,1-3H3,(H,23,30)(H,25,28)(H,24,26,29). The Hall–Kier alpha value is -3.20. The molecule has 0 aliphatic carbocycles. The summed E-state index contributed by atoms with van der Waals surface area (Å²) in [7, 11) is 0. The van der Waals surface area contributed by atoms with Crippen molar-refractivity contribution in [2.24, 2.45) is 0 Å². The van der Waals surface area contributed by atoms with Gasteiger partial charge in [0, 0.05) is 36.8 Å². The number of aromatic nitrogens is 2. The predicted molar refractivity (Wildman–Crippen MR) is 119 cm³/mol. The van der Waals surface area contributed by atoms with E-state index in [1.165, 1.54) is 0 Å². The van der Waals surface area contributed by atoms with Crippen LogP contribution in [0.1, 0.15) is 41.9 Å². The van der Waals surface area contributed by atoms with Gasteiger partial charge in [-0.3, -0.25) is 19.4 Å². The number of H-pyrrole nitrogens is 1. The van der Waals surface area contributed by atoms with E-state index in [0.717, 1.165) is 0 Å². The molecule has 31 heavy (non-hydrogen) atoms. The highest BCUT2D eigenvalue weighted by Crippen LogP contribution is 2.16. The Labute approximate surface area is 181 Å². The number of ether oxygens (including phenoxy) is 1. The van der Waals surface area contributed by atoms with E-state index in [9.17, 15) is 14.4 Å². The maximum atomic E-state index is 12.6. The van der Waals surface area contributed by atoms with Gasteiger partial charge in [0.25, 0.3) is 11.5 Å². The third kappa shape index (κ3) is 5.91. The number of nitrogens with one attached hydrogen (secondary N) is 3. The maximum absolute atomic E-state index is 12.6. The monoisotopic (exact) mass is 427 g/mol. The molecule has 0 saturated carbocycles. The Morgan fingerprint density at radius 3 is 2.61 bits per heavy atom. The normalized spacial score (nSPS) is 13.9. The Morgan fingerprint density at radius 1 is 1.23 bits per heavy atom. The van der Waals surface area contributed by atoms with Crippen molar-refractivity contribution in [2.75, 3.05) is 36.5 Å². The minimum Gasteiger partial charge on any atom is -0.378 e. The van der Waals surface area contributed by atoms with E-state index in [1.54, 1.807) is 31.2 Å². The van der Waals surface area contributed by atoms with Crippen LogP contribution in [0.5, 0.6) is 0 Å². The lowest BCUT2D eigenvalue weighted by Gasteiger charge is -2.27. The molecule has 2 aromatic rings. The molecule has 0 atom stereocenters. The van der Waals surface area contributed by atoms with Crippen molar-refractivity contribution in [3.63, 3.8) is 0 Å². The van der Waals surface area contributed by atoms with Crippen molar-refractivity contribution in [1.29, 1.82) is 0 Å². The molecule has 2 amide bonds. The van der Waals surface area contributed by atoms with Crippen molar-refractivity contribution in [3.05, 3.63) is 51.4 Å². The van der Waals surface area contributed by atoms with Crippen LogP contribution < -0.4 is 21.1 Å². The molecule has 9 heteroatoms. The number of hydrogen-bond acceptors (Lipinski definition) is 6. The Kier molecular flexibility index (Phi) is 7.41. The van der Waals surface area contributed by atoms with Crippen LogP contribution in [0.3, 0.4) is 0 Å². The van der Waals surface area contributed by atoms with E-state index >= 15 is 0 Å². The summed E-state index contributed by atoms with van der Waals surface area (Å²) in [5.41, 5.74) is 1.69. The molecule has 9 nitrogen and oxygen atoms in total. The molecule has 0 unspecified atom stereocenters. The van der Waals surface area contributed by atoms with E-state index in [0.29, 0.717) is 54.8 Å². The van der Waals surface area contributed by atoms with Gasteiger partial charge in [-0.2, -0.15) is 0 Å². The van der Waals surface area contributed by atoms with E-state index in [-0.39, 0.29) is 36.3 Å². The van der Waals surface area contributed by atoms with Gasteiger partial charge in [0.05, 0.1) is 24.5 Å². The van der Waals surface area contributed by atoms with Crippen LogP contribution in [-0.2, 0) is 16.0 Å². The summed E-state index contributed by atoms with van der Waals surface area (Å²) in [6.45, 7) is 8.07. The van der Waals surface area contributed by atoms with Gasteiger partial charge < -0.3 is 20.3 Å². The first-order valence-electron chi connectivity index (χ1n) is 10.5. The largest absolute Gasteiger partial charge is 0.378 e. The van der Waals surface area contributed by atoms with E-state index in [2.05, 4.69) is 20.6 Å². The van der Waals surface area contributed by atoms with E-state index in [1.807, 2.05) is 18.7 Å². The highest BCUT2D eigenvalue weighted by molar-refractivity contribution is 6.03. The number of rotatable bonds is 7. The minimum absolute atomic E-state index is 0.0149. The van der Waals surface area contributed by atoms with Crippen molar-refractivity contribution in [2.45, 2.75) is 39.7 Å². The fraction of sp³-hybridized carbons (Fsp3) is 0.455. The number of hydrogen-bond donors (Lipinski definition) is 3. The smallest absolute Gasteiger partial charge is 0.255 e. The van der Waals surface area contributed by atoms with Crippen LogP contribution in [0.4, 0.5) is 11.6 Å². The number of carbonyl (C=O) groups is 2. The molecule has 0 radical (unpaired) electrons. The average Bonchev–Trinajstić information content (AvgIpc) is 2.73. The molecular weight excluding hydrogens is 398 g/mol.